The zero-order valence-electron chi connectivity index (χ0n) is 26.5. The van der Waals surface area contributed by atoms with Crippen LogP contribution >= 0.6 is 34.4 Å². The summed E-state index contributed by atoms with van der Waals surface area (Å²) in [5.74, 6) is -3.12. The molecule has 0 bridgehead atoms. The van der Waals surface area contributed by atoms with E-state index >= 15 is 0 Å². The Morgan fingerprint density at radius 3 is 2.08 bits per heavy atom. The standard InChI is InChI=1S/C33H32N2O10S3/c1-15-10-12-20(13-11-15)26(40)30-25(34)24(31-35-21-8-6-7-9-23(21)46-31)33(47-30)48-32-29(44-19(5)39)28(43-18(4)38)27(42-17(3)37)22(45-32)14-41-16(2)36/h6-13,22,27-29,32H,14,34H2,1-5H3/t22-,27+,28+,29-,32?/m1/s1. The summed E-state index contributed by atoms with van der Waals surface area (Å²) in [7, 11) is 0. The first-order chi connectivity index (χ1) is 22.8. The van der Waals surface area contributed by atoms with Crippen LogP contribution in [0.5, 0.6) is 0 Å². The smallest absolute Gasteiger partial charge is 0.303 e. The third-order valence-electron chi connectivity index (χ3n) is 7.11. The number of thioether (sulfide) groups is 1. The van der Waals surface area contributed by atoms with Gasteiger partial charge in [-0.1, -0.05) is 53.7 Å². The predicted molar refractivity (Wildman–Crippen MR) is 180 cm³/mol. The quantitative estimate of drug-likeness (QED) is 0.127. The highest BCUT2D eigenvalue weighted by atomic mass is 32.2. The summed E-state index contributed by atoms with van der Waals surface area (Å²) in [5, 5.41) is 0.543. The number of para-hydroxylation sites is 1. The third-order valence-corrected chi connectivity index (χ3v) is 10.7. The van der Waals surface area contributed by atoms with Crippen LogP contribution in [0.2, 0.25) is 0 Å². The lowest BCUT2D eigenvalue weighted by molar-refractivity contribution is -0.237. The van der Waals surface area contributed by atoms with Gasteiger partial charge in [-0.3, -0.25) is 24.0 Å². The number of rotatable bonds is 10. The van der Waals surface area contributed by atoms with E-state index in [2.05, 4.69) is 0 Å². The Bertz CT molecular complexity index is 1840. The van der Waals surface area contributed by atoms with E-state index in [0.717, 1.165) is 52.7 Å². The fraction of sp³-hybridized carbons (Fsp3) is 0.333. The molecule has 3 heterocycles. The Labute approximate surface area is 287 Å². The normalized spacial score (nSPS) is 20.6. The summed E-state index contributed by atoms with van der Waals surface area (Å²) in [6, 6.07) is 14.6. The van der Waals surface area contributed by atoms with E-state index in [-0.39, 0.29) is 23.0 Å². The molecule has 0 spiro atoms. The number of thiophene rings is 1. The number of esters is 4. The zero-order chi connectivity index (χ0) is 34.7. The molecule has 1 aliphatic rings. The second kappa shape index (κ2) is 14.8. The van der Waals surface area contributed by atoms with Gasteiger partial charge in [0.15, 0.2) is 18.3 Å². The van der Waals surface area contributed by atoms with E-state index in [1.807, 2.05) is 43.3 Å². The van der Waals surface area contributed by atoms with Gasteiger partial charge in [0, 0.05) is 33.3 Å². The van der Waals surface area contributed by atoms with E-state index < -0.39 is 53.7 Å². The first-order valence-electron chi connectivity index (χ1n) is 14.7. The van der Waals surface area contributed by atoms with E-state index in [1.165, 1.54) is 25.2 Å². The van der Waals surface area contributed by atoms with Gasteiger partial charge in [-0.15, -0.1) is 22.7 Å². The molecule has 2 N–H and O–H groups in total. The number of fused-ring (bicyclic) bond motifs is 1. The van der Waals surface area contributed by atoms with Crippen molar-refractivity contribution in [2.45, 2.75) is 68.7 Å². The molecule has 0 amide bonds. The number of nitrogens with zero attached hydrogens (tertiary/aromatic N) is 1. The SMILES string of the molecule is CC(=O)OC[C@H]1OC(Sc2sc(C(=O)c3ccc(C)cc3)c(N)c2-c2nc3ccccc3s2)[C@H](OC(C)=O)[C@@H](OC(C)=O)[C@H]1OC(C)=O. The minimum atomic E-state index is -1.35. The van der Waals surface area contributed by atoms with Gasteiger partial charge in [-0.25, -0.2) is 4.98 Å². The van der Waals surface area contributed by atoms with Gasteiger partial charge in [0.25, 0.3) is 0 Å². The van der Waals surface area contributed by atoms with E-state index in [1.54, 1.807) is 12.1 Å². The average molecular weight is 713 g/mol. The molecule has 1 aliphatic heterocycles. The van der Waals surface area contributed by atoms with Gasteiger partial charge in [0.2, 0.25) is 5.78 Å². The zero-order valence-corrected chi connectivity index (χ0v) is 29.0. The summed E-state index contributed by atoms with van der Waals surface area (Å²) in [5.41, 5.74) is 8.48. The first-order valence-corrected chi connectivity index (χ1v) is 17.2. The minimum absolute atomic E-state index is 0.206. The highest BCUT2D eigenvalue weighted by molar-refractivity contribution is 8.01. The van der Waals surface area contributed by atoms with Crippen LogP contribution in [0.15, 0.2) is 52.7 Å². The highest BCUT2D eigenvalue weighted by Gasteiger charge is 2.53. The molecular weight excluding hydrogens is 681 g/mol. The van der Waals surface area contributed by atoms with Gasteiger partial charge in [0.05, 0.1) is 30.6 Å². The number of aromatic nitrogens is 1. The number of nitrogen functional groups attached to an aromatic ring is 1. The Balaban J connectivity index is 1.64. The molecule has 2 aromatic heterocycles. The number of carbonyl (C=O) groups excluding carboxylic acids is 5. The van der Waals surface area contributed by atoms with Crippen molar-refractivity contribution in [3.8, 4) is 10.6 Å². The second-order valence-electron chi connectivity index (χ2n) is 10.9. The maximum atomic E-state index is 13.8. The number of ether oxygens (including phenoxy) is 5. The molecule has 1 unspecified atom stereocenters. The maximum absolute atomic E-state index is 13.8. The Morgan fingerprint density at radius 1 is 0.833 bits per heavy atom. The fourth-order valence-electron chi connectivity index (χ4n) is 5.08. The second-order valence-corrected chi connectivity index (χ2v) is 14.3. The van der Waals surface area contributed by atoms with Crippen molar-refractivity contribution in [1.29, 1.82) is 0 Å². The average Bonchev–Trinajstić information content (AvgIpc) is 3.58. The van der Waals surface area contributed by atoms with Crippen molar-refractivity contribution >= 4 is 80.0 Å². The fourth-order valence-corrected chi connectivity index (χ4v) is 8.96. The maximum Gasteiger partial charge on any atom is 0.303 e. The molecule has 4 aromatic rings. The van der Waals surface area contributed by atoms with Gasteiger partial charge in [-0.2, -0.15) is 0 Å². The molecule has 0 saturated carbocycles. The van der Waals surface area contributed by atoms with E-state index in [4.69, 9.17) is 34.4 Å². The molecule has 2 aromatic carbocycles. The predicted octanol–water partition coefficient (Wildman–Crippen LogP) is 5.32. The lowest BCUT2D eigenvalue weighted by atomic mass is 9.99. The summed E-state index contributed by atoms with van der Waals surface area (Å²) >= 11 is 3.57. The summed E-state index contributed by atoms with van der Waals surface area (Å²) in [4.78, 5) is 67.5. The monoisotopic (exact) mass is 712 g/mol. The van der Waals surface area contributed by atoms with Crippen LogP contribution in [0, 0.1) is 6.92 Å². The van der Waals surface area contributed by atoms with Crippen molar-refractivity contribution in [3.05, 3.63) is 64.5 Å². The molecule has 15 heteroatoms. The number of ketones is 1. The van der Waals surface area contributed by atoms with E-state index in [9.17, 15) is 24.0 Å². The molecule has 1 fully saturated rings. The molecule has 5 atom stereocenters. The molecule has 12 nitrogen and oxygen atoms in total. The summed E-state index contributed by atoms with van der Waals surface area (Å²) < 4.78 is 29.7. The molecule has 5 rings (SSSR count). The molecule has 0 radical (unpaired) electrons. The number of thiazole rings is 1. The van der Waals surface area contributed by atoms with Crippen molar-refractivity contribution < 1.29 is 47.7 Å². The third kappa shape index (κ3) is 7.86. The lowest BCUT2D eigenvalue weighted by Gasteiger charge is -2.44. The molecule has 0 aliphatic carbocycles. The van der Waals surface area contributed by atoms with Crippen LogP contribution < -0.4 is 5.73 Å². The number of nitrogens with two attached hydrogens (primary N) is 1. The van der Waals surface area contributed by atoms with Gasteiger partial charge in [0.1, 0.15) is 23.2 Å². The Kier molecular flexibility index (Phi) is 10.8. The first kappa shape index (κ1) is 35.0. The summed E-state index contributed by atoms with van der Waals surface area (Å²) in [6.45, 7) is 6.23. The molecule has 48 heavy (non-hydrogen) atoms. The van der Waals surface area contributed by atoms with Gasteiger partial charge in [-0.05, 0) is 19.1 Å². The van der Waals surface area contributed by atoms with Crippen LogP contribution in [0.3, 0.4) is 0 Å². The number of benzene rings is 2. The van der Waals surface area contributed by atoms with Crippen molar-refractivity contribution in [2.75, 3.05) is 12.3 Å². The molecule has 252 valence electrons. The van der Waals surface area contributed by atoms with Gasteiger partial charge < -0.3 is 29.4 Å². The van der Waals surface area contributed by atoms with Crippen LogP contribution in [0.25, 0.3) is 20.8 Å². The van der Waals surface area contributed by atoms with Crippen LogP contribution in [-0.4, -0.2) is 71.1 Å². The summed E-state index contributed by atoms with van der Waals surface area (Å²) in [6.07, 6.45) is -5.10. The van der Waals surface area contributed by atoms with Gasteiger partial charge >= 0.3 is 23.9 Å². The van der Waals surface area contributed by atoms with Crippen LogP contribution in [0.4, 0.5) is 5.69 Å². The van der Waals surface area contributed by atoms with Crippen molar-refractivity contribution in [2.24, 2.45) is 0 Å². The number of hydrogen-bond acceptors (Lipinski definition) is 15. The number of anilines is 1. The van der Waals surface area contributed by atoms with Crippen molar-refractivity contribution in [3.63, 3.8) is 0 Å². The van der Waals surface area contributed by atoms with Crippen LogP contribution in [-0.2, 0) is 42.9 Å². The van der Waals surface area contributed by atoms with Crippen LogP contribution in [0.1, 0.15) is 48.5 Å². The van der Waals surface area contributed by atoms with E-state index in [0.29, 0.717) is 20.3 Å². The molecular formula is C33H32N2O10S3. The molecule has 1 saturated heterocycles. The highest BCUT2D eigenvalue weighted by Crippen LogP contribution is 2.50. The minimum Gasteiger partial charge on any atom is -0.463 e. The van der Waals surface area contributed by atoms with Crippen molar-refractivity contribution in [1.82, 2.24) is 4.98 Å². The Hall–Kier alpha value is -4.31. The number of aryl methyl sites for hydroxylation is 1. The Morgan fingerprint density at radius 2 is 1.46 bits per heavy atom. The number of carbonyl (C=O) groups is 5. The topological polar surface area (TPSA) is 170 Å². The number of hydrogen-bond donors (Lipinski definition) is 1. The largest absolute Gasteiger partial charge is 0.463 e. The lowest BCUT2D eigenvalue weighted by Crippen LogP contribution is -2.61.